The van der Waals surface area contributed by atoms with Gasteiger partial charge in [0, 0.05) is 5.56 Å². The van der Waals surface area contributed by atoms with Gasteiger partial charge in [0.1, 0.15) is 18.2 Å². The molecule has 0 aromatic heterocycles. The zero-order valence-electron chi connectivity index (χ0n) is 12.4. The van der Waals surface area contributed by atoms with E-state index < -0.39 is 17.2 Å². The van der Waals surface area contributed by atoms with E-state index in [0.717, 1.165) is 0 Å². The van der Waals surface area contributed by atoms with Crippen LogP contribution in [0.25, 0.3) is 11.1 Å². The van der Waals surface area contributed by atoms with E-state index in [1.165, 1.54) is 6.07 Å². The fourth-order valence-electron chi connectivity index (χ4n) is 2.65. The molecule has 1 aliphatic carbocycles. The number of terminal acetylenes is 1. The highest BCUT2D eigenvalue weighted by Crippen LogP contribution is 2.49. The second kappa shape index (κ2) is 5.77. The van der Waals surface area contributed by atoms with Gasteiger partial charge >= 0.3 is 5.97 Å². The summed E-state index contributed by atoms with van der Waals surface area (Å²) in [5.41, 5.74) is 0.757. The van der Waals surface area contributed by atoms with Crippen molar-refractivity contribution in [2.75, 3.05) is 6.61 Å². The standard InChI is InChI=1S/C19H15FO3/c1-2-11-23-15-6-3-13(4-7-15)16-8-5-14(12-17(16)20)19(9-10-19)18(21)22/h1,3-8,12H,9-11H2,(H,21,22). The smallest absolute Gasteiger partial charge is 0.314 e. The topological polar surface area (TPSA) is 46.5 Å². The summed E-state index contributed by atoms with van der Waals surface area (Å²) in [4.78, 5) is 11.3. The van der Waals surface area contributed by atoms with Gasteiger partial charge in [-0.3, -0.25) is 4.79 Å². The molecule has 23 heavy (non-hydrogen) atoms. The Morgan fingerprint density at radius 3 is 2.48 bits per heavy atom. The minimum absolute atomic E-state index is 0.180. The maximum atomic E-state index is 14.4. The molecule has 0 aliphatic heterocycles. The Morgan fingerprint density at radius 1 is 1.26 bits per heavy atom. The van der Waals surface area contributed by atoms with Gasteiger partial charge in [-0.2, -0.15) is 0 Å². The third-order valence-corrected chi connectivity index (χ3v) is 4.17. The van der Waals surface area contributed by atoms with Gasteiger partial charge in [-0.05, 0) is 42.2 Å². The average Bonchev–Trinajstić information content (AvgIpc) is 3.35. The third-order valence-electron chi connectivity index (χ3n) is 4.17. The Bertz CT molecular complexity index is 783. The van der Waals surface area contributed by atoms with Crippen molar-refractivity contribution in [2.24, 2.45) is 0 Å². The van der Waals surface area contributed by atoms with Gasteiger partial charge in [0.25, 0.3) is 0 Å². The minimum Gasteiger partial charge on any atom is -0.481 e. The molecule has 0 atom stereocenters. The van der Waals surface area contributed by atoms with Crippen LogP contribution in [0.3, 0.4) is 0 Å². The first-order chi connectivity index (χ1) is 11.1. The number of ether oxygens (including phenoxy) is 1. The molecule has 1 fully saturated rings. The SMILES string of the molecule is C#CCOc1ccc(-c2ccc(C3(C(=O)O)CC3)cc2F)cc1. The summed E-state index contributed by atoms with van der Waals surface area (Å²) in [6.45, 7) is 0.180. The first-order valence-electron chi connectivity index (χ1n) is 7.27. The zero-order chi connectivity index (χ0) is 16.4. The highest BCUT2D eigenvalue weighted by Gasteiger charge is 2.51. The molecule has 1 aliphatic rings. The molecule has 0 spiro atoms. The summed E-state index contributed by atoms with van der Waals surface area (Å²) >= 11 is 0. The van der Waals surface area contributed by atoms with E-state index in [-0.39, 0.29) is 6.61 Å². The van der Waals surface area contributed by atoms with Crippen molar-refractivity contribution in [3.8, 4) is 29.2 Å². The van der Waals surface area contributed by atoms with Gasteiger partial charge in [-0.15, -0.1) is 6.42 Å². The summed E-state index contributed by atoms with van der Waals surface area (Å²) in [5, 5.41) is 9.29. The number of aliphatic carboxylic acids is 1. The lowest BCUT2D eigenvalue weighted by Crippen LogP contribution is -2.19. The Labute approximate surface area is 133 Å². The Hall–Kier alpha value is -2.80. The van der Waals surface area contributed by atoms with Crippen molar-refractivity contribution in [3.63, 3.8) is 0 Å². The Kier molecular flexibility index (Phi) is 3.79. The highest BCUT2D eigenvalue weighted by molar-refractivity contribution is 5.85. The molecule has 1 N–H and O–H groups in total. The van der Waals surface area contributed by atoms with Crippen molar-refractivity contribution in [2.45, 2.75) is 18.3 Å². The number of rotatable bonds is 5. The van der Waals surface area contributed by atoms with E-state index in [1.54, 1.807) is 36.4 Å². The maximum Gasteiger partial charge on any atom is 0.314 e. The van der Waals surface area contributed by atoms with Crippen LogP contribution < -0.4 is 4.74 Å². The molecule has 1 saturated carbocycles. The number of carboxylic acids is 1. The van der Waals surface area contributed by atoms with Crippen LogP contribution in [0, 0.1) is 18.2 Å². The monoisotopic (exact) mass is 310 g/mol. The van der Waals surface area contributed by atoms with E-state index in [9.17, 15) is 14.3 Å². The fraction of sp³-hybridized carbons (Fsp3) is 0.211. The fourth-order valence-corrected chi connectivity index (χ4v) is 2.65. The Morgan fingerprint density at radius 2 is 1.96 bits per heavy atom. The largest absolute Gasteiger partial charge is 0.481 e. The van der Waals surface area contributed by atoms with Crippen LogP contribution in [-0.4, -0.2) is 17.7 Å². The van der Waals surface area contributed by atoms with Crippen LogP contribution in [0.4, 0.5) is 4.39 Å². The molecular weight excluding hydrogens is 295 g/mol. The van der Waals surface area contributed by atoms with Gasteiger partial charge in [0.2, 0.25) is 0 Å². The molecule has 0 unspecified atom stereocenters. The van der Waals surface area contributed by atoms with Crippen LogP contribution >= 0.6 is 0 Å². The lowest BCUT2D eigenvalue weighted by Gasteiger charge is -2.12. The van der Waals surface area contributed by atoms with E-state index in [4.69, 9.17) is 11.2 Å². The lowest BCUT2D eigenvalue weighted by atomic mass is 9.93. The van der Waals surface area contributed by atoms with Crippen molar-refractivity contribution in [1.82, 2.24) is 0 Å². The van der Waals surface area contributed by atoms with Crippen LogP contribution in [0.2, 0.25) is 0 Å². The number of carboxylic acid groups (broad SMARTS) is 1. The second-order valence-corrected chi connectivity index (χ2v) is 5.60. The van der Waals surface area contributed by atoms with Crippen molar-refractivity contribution >= 4 is 5.97 Å². The molecule has 2 aromatic rings. The van der Waals surface area contributed by atoms with Gasteiger partial charge in [0.05, 0.1) is 5.41 Å². The first-order valence-corrected chi connectivity index (χ1v) is 7.27. The number of carbonyl (C=O) groups is 1. The van der Waals surface area contributed by atoms with E-state index in [0.29, 0.717) is 35.3 Å². The van der Waals surface area contributed by atoms with Gasteiger partial charge in [0.15, 0.2) is 0 Å². The van der Waals surface area contributed by atoms with Gasteiger partial charge in [-0.25, -0.2) is 4.39 Å². The molecule has 2 aromatic carbocycles. The molecule has 0 heterocycles. The molecule has 0 radical (unpaired) electrons. The third kappa shape index (κ3) is 2.78. The quantitative estimate of drug-likeness (QED) is 0.858. The summed E-state index contributed by atoms with van der Waals surface area (Å²) in [6.07, 6.45) is 6.24. The summed E-state index contributed by atoms with van der Waals surface area (Å²) in [7, 11) is 0. The van der Waals surface area contributed by atoms with Gasteiger partial charge < -0.3 is 9.84 Å². The highest BCUT2D eigenvalue weighted by atomic mass is 19.1. The number of hydrogen-bond acceptors (Lipinski definition) is 2. The minimum atomic E-state index is -0.897. The van der Waals surface area contributed by atoms with E-state index in [1.807, 2.05) is 0 Å². The number of hydrogen-bond donors (Lipinski definition) is 1. The summed E-state index contributed by atoms with van der Waals surface area (Å²) < 4.78 is 19.7. The van der Waals surface area contributed by atoms with Crippen LogP contribution in [0.15, 0.2) is 42.5 Å². The molecule has 3 rings (SSSR count). The Balaban J connectivity index is 1.87. The average molecular weight is 310 g/mol. The molecule has 4 heteroatoms. The molecule has 0 amide bonds. The van der Waals surface area contributed by atoms with Crippen LogP contribution in [-0.2, 0) is 10.2 Å². The molecule has 0 bridgehead atoms. The summed E-state index contributed by atoms with van der Waals surface area (Å²) in [6, 6.07) is 11.6. The zero-order valence-corrected chi connectivity index (χ0v) is 12.4. The molecule has 116 valence electrons. The van der Waals surface area contributed by atoms with Crippen molar-refractivity contribution in [3.05, 3.63) is 53.8 Å². The number of benzene rings is 2. The molecule has 3 nitrogen and oxygen atoms in total. The predicted octanol–water partition coefficient (Wildman–Crippen LogP) is 3.62. The molecular formula is C19H15FO3. The van der Waals surface area contributed by atoms with Gasteiger partial charge in [-0.1, -0.05) is 30.2 Å². The normalized spacial score (nSPS) is 14.8. The van der Waals surface area contributed by atoms with E-state index >= 15 is 0 Å². The lowest BCUT2D eigenvalue weighted by molar-refractivity contribution is -0.140. The van der Waals surface area contributed by atoms with Crippen molar-refractivity contribution in [1.29, 1.82) is 0 Å². The predicted molar refractivity (Wildman–Crippen MR) is 84.7 cm³/mol. The number of halogens is 1. The van der Waals surface area contributed by atoms with Crippen LogP contribution in [0.5, 0.6) is 5.75 Å². The molecule has 0 saturated heterocycles. The van der Waals surface area contributed by atoms with Crippen LogP contribution in [0.1, 0.15) is 18.4 Å². The first kappa shape index (κ1) is 15.1. The van der Waals surface area contributed by atoms with Crippen molar-refractivity contribution < 1.29 is 19.0 Å². The maximum absolute atomic E-state index is 14.4. The summed E-state index contributed by atoms with van der Waals surface area (Å²) in [5.74, 6) is 1.68. The second-order valence-electron chi connectivity index (χ2n) is 5.60. The van der Waals surface area contributed by atoms with E-state index in [2.05, 4.69) is 5.92 Å².